The van der Waals surface area contributed by atoms with Crippen molar-refractivity contribution in [2.75, 3.05) is 13.2 Å². The zero-order valence-corrected chi connectivity index (χ0v) is 18.1. The van der Waals surface area contributed by atoms with Gasteiger partial charge >= 0.3 is 0 Å². The van der Waals surface area contributed by atoms with Crippen molar-refractivity contribution in [3.05, 3.63) is 24.8 Å². The lowest BCUT2D eigenvalue weighted by Gasteiger charge is -2.38. The van der Waals surface area contributed by atoms with Crippen molar-refractivity contribution in [2.45, 2.75) is 95.7 Å². The Bertz CT molecular complexity index is 507. The van der Waals surface area contributed by atoms with Gasteiger partial charge in [-0.25, -0.2) is 8.78 Å². The number of rotatable bonds is 8. The van der Waals surface area contributed by atoms with E-state index in [2.05, 4.69) is 12.7 Å². The highest BCUT2D eigenvalue weighted by atomic mass is 19.2. The first-order valence-electron chi connectivity index (χ1n) is 11.9. The van der Waals surface area contributed by atoms with Gasteiger partial charge in [0.1, 0.15) is 0 Å². The molecule has 0 heterocycles. The van der Waals surface area contributed by atoms with E-state index in [0.717, 1.165) is 17.8 Å². The highest BCUT2D eigenvalue weighted by Gasteiger charge is 2.42. The number of ether oxygens (including phenoxy) is 2. The first-order chi connectivity index (χ1) is 14.1. The van der Waals surface area contributed by atoms with Gasteiger partial charge in [0.25, 0.3) is 0 Å². The summed E-state index contributed by atoms with van der Waals surface area (Å²) in [5.74, 6) is 2.97. The van der Waals surface area contributed by atoms with Gasteiger partial charge in [0, 0.05) is 6.61 Å². The van der Waals surface area contributed by atoms with Crippen LogP contribution in [-0.4, -0.2) is 37.8 Å². The number of hydrogen-bond acceptors (Lipinski definition) is 2. The van der Waals surface area contributed by atoms with E-state index in [1.165, 1.54) is 51.4 Å². The largest absolute Gasteiger partial charge is 0.375 e. The van der Waals surface area contributed by atoms with E-state index >= 15 is 0 Å². The van der Waals surface area contributed by atoms with E-state index in [4.69, 9.17) is 9.47 Å². The van der Waals surface area contributed by atoms with Gasteiger partial charge in [0.15, 0.2) is 12.3 Å². The number of allylic oxidation sites excluding steroid dienone is 2. The summed E-state index contributed by atoms with van der Waals surface area (Å²) in [5.41, 5.74) is 0. The molecule has 0 aromatic rings. The quantitative estimate of drug-likeness (QED) is 0.420. The van der Waals surface area contributed by atoms with E-state index in [1.807, 2.05) is 19.1 Å². The topological polar surface area (TPSA) is 18.5 Å². The lowest BCUT2D eigenvalue weighted by Crippen LogP contribution is -2.47. The van der Waals surface area contributed by atoms with Gasteiger partial charge in [-0.2, -0.15) is 0 Å². The first kappa shape index (κ1) is 22.9. The molecular formula is C25H40F2O2. The molecule has 3 aliphatic carbocycles. The maximum Gasteiger partial charge on any atom is 0.160 e. The van der Waals surface area contributed by atoms with Crippen LogP contribution in [0.25, 0.3) is 0 Å². The van der Waals surface area contributed by atoms with Crippen LogP contribution >= 0.6 is 0 Å². The Morgan fingerprint density at radius 3 is 1.90 bits per heavy atom. The molecule has 0 saturated heterocycles. The second kappa shape index (κ2) is 11.6. The average molecular weight is 411 g/mol. The standard InChI is InChI=1S/C25H40F2O2/c1-3-5-16-28-22-14-15-23(25(27)24(22)26)29-17-19-8-12-21(13-9-19)20-10-6-18(4-2)7-11-20/h3-5,18-25H,2,6-17H2,1H3/b5-3+. The van der Waals surface area contributed by atoms with Crippen LogP contribution in [0.1, 0.15) is 71.1 Å². The van der Waals surface area contributed by atoms with Crippen molar-refractivity contribution in [3.63, 3.8) is 0 Å². The zero-order chi connectivity index (χ0) is 20.6. The van der Waals surface area contributed by atoms with E-state index < -0.39 is 24.6 Å². The highest BCUT2D eigenvalue weighted by Crippen LogP contribution is 2.42. The van der Waals surface area contributed by atoms with Crippen LogP contribution in [-0.2, 0) is 9.47 Å². The van der Waals surface area contributed by atoms with Gasteiger partial charge in [-0.05, 0) is 94.8 Å². The molecule has 0 spiro atoms. The third-order valence-corrected chi connectivity index (χ3v) is 7.65. The molecule has 3 rings (SSSR count). The molecule has 166 valence electrons. The molecule has 4 atom stereocenters. The third kappa shape index (κ3) is 6.37. The average Bonchev–Trinajstić information content (AvgIpc) is 2.77. The Morgan fingerprint density at radius 2 is 1.34 bits per heavy atom. The van der Waals surface area contributed by atoms with Gasteiger partial charge in [-0.3, -0.25) is 0 Å². The molecule has 0 amide bonds. The molecule has 3 aliphatic rings. The summed E-state index contributed by atoms with van der Waals surface area (Å²) in [6, 6.07) is 0. The van der Waals surface area contributed by atoms with Gasteiger partial charge in [0.2, 0.25) is 0 Å². The van der Waals surface area contributed by atoms with Crippen LogP contribution in [0.4, 0.5) is 8.78 Å². The normalized spacial score (nSPS) is 41.5. The van der Waals surface area contributed by atoms with Crippen LogP contribution in [0.3, 0.4) is 0 Å². The van der Waals surface area contributed by atoms with Crippen molar-refractivity contribution < 1.29 is 18.3 Å². The molecule has 0 aliphatic heterocycles. The van der Waals surface area contributed by atoms with Crippen molar-refractivity contribution in [1.82, 2.24) is 0 Å². The summed E-state index contributed by atoms with van der Waals surface area (Å²) in [6.07, 6.45) is 12.7. The Balaban J connectivity index is 1.34. The van der Waals surface area contributed by atoms with Crippen LogP contribution in [0.2, 0.25) is 0 Å². The Kier molecular flexibility index (Phi) is 9.17. The van der Waals surface area contributed by atoms with Crippen LogP contribution < -0.4 is 0 Å². The summed E-state index contributed by atoms with van der Waals surface area (Å²) in [7, 11) is 0. The molecule has 3 fully saturated rings. The molecule has 0 aromatic carbocycles. The summed E-state index contributed by atoms with van der Waals surface area (Å²) in [4.78, 5) is 0. The number of halogens is 2. The first-order valence-corrected chi connectivity index (χ1v) is 11.9. The fourth-order valence-corrected chi connectivity index (χ4v) is 5.62. The van der Waals surface area contributed by atoms with Gasteiger partial charge in [0.05, 0.1) is 18.8 Å². The van der Waals surface area contributed by atoms with Crippen molar-refractivity contribution in [2.24, 2.45) is 23.7 Å². The van der Waals surface area contributed by atoms with Gasteiger partial charge in [-0.15, -0.1) is 6.58 Å². The molecule has 4 heteroatoms. The summed E-state index contributed by atoms with van der Waals surface area (Å²) in [5, 5.41) is 0. The SMILES string of the molecule is C=CC1CCC(C2CCC(COC3CCC(OC/C=C/C)C(F)C3F)CC2)CC1. The summed E-state index contributed by atoms with van der Waals surface area (Å²) in [6.45, 7) is 6.76. The van der Waals surface area contributed by atoms with Gasteiger partial charge in [-0.1, -0.05) is 18.2 Å². The summed E-state index contributed by atoms with van der Waals surface area (Å²) >= 11 is 0. The Hall–Kier alpha value is -0.740. The van der Waals surface area contributed by atoms with E-state index in [-0.39, 0.29) is 0 Å². The minimum Gasteiger partial charge on any atom is -0.375 e. The maximum atomic E-state index is 14.5. The van der Waals surface area contributed by atoms with E-state index in [1.54, 1.807) is 0 Å². The Labute approximate surface area is 176 Å². The molecule has 3 saturated carbocycles. The second-order valence-corrected chi connectivity index (χ2v) is 9.47. The minimum atomic E-state index is -1.58. The molecule has 2 nitrogen and oxygen atoms in total. The van der Waals surface area contributed by atoms with Crippen LogP contribution in [0, 0.1) is 23.7 Å². The number of alkyl halides is 2. The predicted octanol–water partition coefficient (Wildman–Crippen LogP) is 6.60. The van der Waals surface area contributed by atoms with Crippen molar-refractivity contribution in [1.29, 1.82) is 0 Å². The highest BCUT2D eigenvalue weighted by molar-refractivity contribution is 4.91. The fraction of sp³-hybridized carbons (Fsp3) is 0.840. The molecule has 0 N–H and O–H groups in total. The predicted molar refractivity (Wildman–Crippen MR) is 114 cm³/mol. The minimum absolute atomic E-state index is 0.346. The lowest BCUT2D eigenvalue weighted by molar-refractivity contribution is -0.120. The van der Waals surface area contributed by atoms with Crippen LogP contribution in [0.15, 0.2) is 24.8 Å². The Morgan fingerprint density at radius 1 is 0.793 bits per heavy atom. The molecule has 4 unspecified atom stereocenters. The van der Waals surface area contributed by atoms with E-state index in [0.29, 0.717) is 32.0 Å². The van der Waals surface area contributed by atoms with E-state index in [9.17, 15) is 8.78 Å². The monoisotopic (exact) mass is 410 g/mol. The molecule has 0 radical (unpaired) electrons. The van der Waals surface area contributed by atoms with Crippen LogP contribution in [0.5, 0.6) is 0 Å². The maximum absolute atomic E-state index is 14.5. The van der Waals surface area contributed by atoms with Crippen molar-refractivity contribution in [3.8, 4) is 0 Å². The van der Waals surface area contributed by atoms with Gasteiger partial charge < -0.3 is 9.47 Å². The molecule has 0 aromatic heterocycles. The molecular weight excluding hydrogens is 370 g/mol. The second-order valence-electron chi connectivity index (χ2n) is 9.47. The smallest absolute Gasteiger partial charge is 0.160 e. The lowest BCUT2D eigenvalue weighted by atomic mass is 9.69. The molecule has 29 heavy (non-hydrogen) atoms. The number of hydrogen-bond donors (Lipinski definition) is 0. The van der Waals surface area contributed by atoms with Crippen molar-refractivity contribution >= 4 is 0 Å². The summed E-state index contributed by atoms with van der Waals surface area (Å²) < 4.78 is 40.3. The third-order valence-electron chi connectivity index (χ3n) is 7.65. The fourth-order valence-electron chi connectivity index (χ4n) is 5.62. The zero-order valence-electron chi connectivity index (χ0n) is 18.1. The molecule has 0 bridgehead atoms.